The molecule has 5 heteroatoms. The summed E-state index contributed by atoms with van der Waals surface area (Å²) in [6.07, 6.45) is 4.03. The standard InChI is InChI=1S/C9H14N4O/c1-4-9(13-14-10-3)8-5-11-6-12-7(8)2/h5-6,10H,4H2,1-3H3/b13-9+. The van der Waals surface area contributed by atoms with Gasteiger partial charge in [0, 0.05) is 24.5 Å². The van der Waals surface area contributed by atoms with Gasteiger partial charge in [-0.15, -0.1) is 5.48 Å². The van der Waals surface area contributed by atoms with Crippen molar-refractivity contribution in [2.75, 3.05) is 7.05 Å². The minimum absolute atomic E-state index is 0.774. The summed E-state index contributed by atoms with van der Waals surface area (Å²) in [6.45, 7) is 3.92. The summed E-state index contributed by atoms with van der Waals surface area (Å²) in [5.41, 5.74) is 5.15. The van der Waals surface area contributed by atoms with E-state index in [0.717, 1.165) is 23.4 Å². The van der Waals surface area contributed by atoms with Gasteiger partial charge in [0.25, 0.3) is 0 Å². The number of nitrogens with zero attached hydrogens (tertiary/aromatic N) is 3. The average molecular weight is 194 g/mol. The summed E-state index contributed by atoms with van der Waals surface area (Å²) in [5.74, 6) is 0. The van der Waals surface area contributed by atoms with E-state index in [1.54, 1.807) is 13.2 Å². The van der Waals surface area contributed by atoms with Crippen molar-refractivity contribution in [1.29, 1.82) is 0 Å². The molecular weight excluding hydrogens is 180 g/mol. The molecule has 0 amide bonds. The third-order valence-corrected chi connectivity index (χ3v) is 1.80. The molecule has 0 atom stereocenters. The Bertz CT molecular complexity index is 324. The lowest BCUT2D eigenvalue weighted by Gasteiger charge is -2.04. The Hall–Kier alpha value is -1.49. The zero-order chi connectivity index (χ0) is 10.4. The van der Waals surface area contributed by atoms with E-state index >= 15 is 0 Å². The van der Waals surface area contributed by atoms with Crippen LogP contribution < -0.4 is 5.48 Å². The van der Waals surface area contributed by atoms with Crippen molar-refractivity contribution < 1.29 is 4.94 Å². The number of oxime groups is 1. The normalized spacial score (nSPS) is 11.5. The molecule has 0 fully saturated rings. The van der Waals surface area contributed by atoms with E-state index in [0.29, 0.717) is 0 Å². The van der Waals surface area contributed by atoms with Gasteiger partial charge in [0.05, 0.1) is 5.71 Å². The van der Waals surface area contributed by atoms with Gasteiger partial charge in [-0.1, -0.05) is 12.1 Å². The van der Waals surface area contributed by atoms with E-state index < -0.39 is 0 Å². The average Bonchev–Trinajstić information content (AvgIpc) is 2.21. The first kappa shape index (κ1) is 10.6. The molecule has 0 aliphatic rings. The largest absolute Gasteiger partial charge is 0.300 e. The van der Waals surface area contributed by atoms with Crippen LogP contribution in [0.2, 0.25) is 0 Å². The predicted octanol–water partition coefficient (Wildman–Crippen LogP) is 1.05. The summed E-state index contributed by atoms with van der Waals surface area (Å²) < 4.78 is 0. The summed E-state index contributed by atoms with van der Waals surface area (Å²) in [5, 5.41) is 3.92. The van der Waals surface area contributed by atoms with Crippen molar-refractivity contribution in [1.82, 2.24) is 15.4 Å². The van der Waals surface area contributed by atoms with Crippen LogP contribution in [0.4, 0.5) is 0 Å². The molecule has 1 rings (SSSR count). The summed E-state index contributed by atoms with van der Waals surface area (Å²) in [4.78, 5) is 12.8. The van der Waals surface area contributed by atoms with Gasteiger partial charge in [0.1, 0.15) is 6.33 Å². The Kier molecular flexibility index (Phi) is 4.00. The molecule has 0 spiro atoms. The third kappa shape index (κ3) is 2.50. The summed E-state index contributed by atoms with van der Waals surface area (Å²) in [6, 6.07) is 0. The highest BCUT2D eigenvalue weighted by Crippen LogP contribution is 2.06. The van der Waals surface area contributed by atoms with Crippen molar-refractivity contribution >= 4 is 5.71 Å². The Morgan fingerprint density at radius 1 is 1.64 bits per heavy atom. The van der Waals surface area contributed by atoms with Gasteiger partial charge < -0.3 is 0 Å². The fourth-order valence-corrected chi connectivity index (χ4v) is 1.08. The number of hydrogen-bond acceptors (Lipinski definition) is 5. The lowest BCUT2D eigenvalue weighted by molar-refractivity contribution is 0.0641. The number of hydrogen-bond donors (Lipinski definition) is 1. The first-order chi connectivity index (χ1) is 6.79. The molecule has 0 radical (unpaired) electrons. The van der Waals surface area contributed by atoms with Crippen LogP contribution in [-0.4, -0.2) is 22.7 Å². The maximum Gasteiger partial charge on any atom is 0.115 e. The van der Waals surface area contributed by atoms with E-state index in [-0.39, 0.29) is 0 Å². The molecule has 14 heavy (non-hydrogen) atoms. The second-order valence-electron chi connectivity index (χ2n) is 2.71. The minimum atomic E-state index is 0.774. The van der Waals surface area contributed by atoms with Gasteiger partial charge in [-0.3, -0.25) is 4.94 Å². The predicted molar refractivity (Wildman–Crippen MR) is 53.7 cm³/mol. The molecule has 0 aromatic carbocycles. The van der Waals surface area contributed by atoms with Crippen LogP contribution in [0.25, 0.3) is 0 Å². The monoisotopic (exact) mass is 194 g/mol. The van der Waals surface area contributed by atoms with Gasteiger partial charge in [-0.25, -0.2) is 9.97 Å². The van der Waals surface area contributed by atoms with Crippen LogP contribution in [0, 0.1) is 6.92 Å². The van der Waals surface area contributed by atoms with Crippen molar-refractivity contribution in [2.24, 2.45) is 5.16 Å². The van der Waals surface area contributed by atoms with Crippen molar-refractivity contribution in [3.8, 4) is 0 Å². The second kappa shape index (κ2) is 5.29. The van der Waals surface area contributed by atoms with Crippen LogP contribution in [0.5, 0.6) is 0 Å². The first-order valence-corrected chi connectivity index (χ1v) is 4.46. The molecule has 0 saturated heterocycles. The summed E-state index contributed by atoms with van der Waals surface area (Å²) in [7, 11) is 1.66. The fourth-order valence-electron chi connectivity index (χ4n) is 1.08. The number of nitrogens with one attached hydrogen (secondary N) is 1. The molecule has 5 nitrogen and oxygen atoms in total. The molecule has 1 N–H and O–H groups in total. The highest BCUT2D eigenvalue weighted by atomic mass is 16.8. The van der Waals surface area contributed by atoms with Gasteiger partial charge in [0.2, 0.25) is 0 Å². The van der Waals surface area contributed by atoms with Crippen LogP contribution >= 0.6 is 0 Å². The van der Waals surface area contributed by atoms with E-state index in [4.69, 9.17) is 4.94 Å². The fraction of sp³-hybridized carbons (Fsp3) is 0.444. The third-order valence-electron chi connectivity index (χ3n) is 1.80. The van der Waals surface area contributed by atoms with Crippen LogP contribution in [0.1, 0.15) is 24.6 Å². The topological polar surface area (TPSA) is 59.4 Å². The molecule has 76 valence electrons. The molecule has 1 aromatic heterocycles. The maximum atomic E-state index is 4.78. The molecular formula is C9H14N4O. The zero-order valence-corrected chi connectivity index (χ0v) is 8.61. The minimum Gasteiger partial charge on any atom is -0.300 e. The van der Waals surface area contributed by atoms with E-state index in [2.05, 4.69) is 20.6 Å². The molecule has 0 aliphatic carbocycles. The SMILES string of the molecule is CC/C(=N\ONC)c1cncnc1C. The van der Waals surface area contributed by atoms with Crippen molar-refractivity contribution in [3.05, 3.63) is 23.8 Å². The number of aromatic nitrogens is 2. The van der Waals surface area contributed by atoms with Crippen LogP contribution in [0.15, 0.2) is 17.7 Å². The zero-order valence-electron chi connectivity index (χ0n) is 8.61. The van der Waals surface area contributed by atoms with Crippen molar-refractivity contribution in [3.63, 3.8) is 0 Å². The summed E-state index contributed by atoms with van der Waals surface area (Å²) >= 11 is 0. The quantitative estimate of drug-likeness (QED) is 0.575. The highest BCUT2D eigenvalue weighted by molar-refractivity contribution is 6.00. The second-order valence-corrected chi connectivity index (χ2v) is 2.71. The highest BCUT2D eigenvalue weighted by Gasteiger charge is 2.06. The van der Waals surface area contributed by atoms with E-state index in [9.17, 15) is 0 Å². The first-order valence-electron chi connectivity index (χ1n) is 4.46. The number of hydroxylamine groups is 1. The lowest BCUT2D eigenvalue weighted by atomic mass is 10.1. The molecule has 0 saturated carbocycles. The lowest BCUT2D eigenvalue weighted by Crippen LogP contribution is -2.09. The molecule has 0 bridgehead atoms. The van der Waals surface area contributed by atoms with Gasteiger partial charge in [-0.2, -0.15) is 0 Å². The molecule has 1 aromatic rings. The Balaban J connectivity index is 2.95. The Morgan fingerprint density at radius 3 is 3.00 bits per heavy atom. The van der Waals surface area contributed by atoms with Crippen LogP contribution in [0.3, 0.4) is 0 Å². The number of aryl methyl sites for hydroxylation is 1. The molecule has 0 aliphatic heterocycles. The van der Waals surface area contributed by atoms with E-state index in [1.165, 1.54) is 6.33 Å². The Labute approximate surface area is 83.2 Å². The van der Waals surface area contributed by atoms with Crippen molar-refractivity contribution in [2.45, 2.75) is 20.3 Å². The molecule has 1 heterocycles. The van der Waals surface area contributed by atoms with Gasteiger partial charge in [0.15, 0.2) is 0 Å². The van der Waals surface area contributed by atoms with E-state index in [1.807, 2.05) is 13.8 Å². The maximum absolute atomic E-state index is 4.78. The smallest absolute Gasteiger partial charge is 0.115 e. The van der Waals surface area contributed by atoms with Gasteiger partial charge in [-0.05, 0) is 13.3 Å². The molecule has 0 unspecified atom stereocenters. The number of rotatable bonds is 4. The Morgan fingerprint density at radius 2 is 2.43 bits per heavy atom. The van der Waals surface area contributed by atoms with Gasteiger partial charge >= 0.3 is 0 Å². The van der Waals surface area contributed by atoms with Crippen LogP contribution in [-0.2, 0) is 4.94 Å².